The van der Waals surface area contributed by atoms with E-state index >= 15 is 0 Å². The number of nitrogens with zero attached hydrogens (tertiary/aromatic N) is 1. The van der Waals surface area contributed by atoms with E-state index in [1.54, 1.807) is 11.9 Å². The Labute approximate surface area is 89.0 Å². The zero-order valence-corrected chi connectivity index (χ0v) is 9.27. The fraction of sp³-hybridized carbons (Fsp3) is 0.364. The standard InChI is InChI=1S/C11H14N2S/c1-8(2)7-11-12-9-5-3-4-6-10(9)14-13-11/h3-6,8H,7H2,1-2H3,(H,12,13). The molecule has 14 heavy (non-hydrogen) atoms. The largest absolute Gasteiger partial charge is 0.314 e. The van der Waals surface area contributed by atoms with Crippen LogP contribution in [-0.2, 0) is 0 Å². The van der Waals surface area contributed by atoms with Gasteiger partial charge in [0.05, 0.1) is 10.6 Å². The van der Waals surface area contributed by atoms with Crippen LogP contribution in [0, 0.1) is 5.92 Å². The van der Waals surface area contributed by atoms with Crippen LogP contribution >= 0.6 is 11.9 Å². The number of nitrogens with one attached hydrogen (secondary N) is 1. The van der Waals surface area contributed by atoms with Crippen LogP contribution in [0.15, 0.2) is 34.2 Å². The number of amidine groups is 1. The van der Waals surface area contributed by atoms with Gasteiger partial charge in [-0.3, -0.25) is 0 Å². The SMILES string of the molecule is CC(C)CC1=Nc2ccccc2SN1. The highest BCUT2D eigenvalue weighted by Crippen LogP contribution is 2.31. The van der Waals surface area contributed by atoms with E-state index in [4.69, 9.17) is 0 Å². The molecule has 0 bridgehead atoms. The van der Waals surface area contributed by atoms with E-state index in [0.29, 0.717) is 5.92 Å². The minimum atomic E-state index is 0.645. The van der Waals surface area contributed by atoms with Crippen LogP contribution < -0.4 is 4.72 Å². The summed E-state index contributed by atoms with van der Waals surface area (Å²) in [5.74, 6) is 1.73. The summed E-state index contributed by atoms with van der Waals surface area (Å²) in [6.45, 7) is 4.41. The molecule has 0 atom stereocenters. The molecule has 0 spiro atoms. The lowest BCUT2D eigenvalue weighted by atomic mass is 10.1. The average molecular weight is 206 g/mol. The van der Waals surface area contributed by atoms with Gasteiger partial charge in [0, 0.05) is 6.42 Å². The van der Waals surface area contributed by atoms with E-state index in [-0.39, 0.29) is 0 Å². The molecular weight excluding hydrogens is 192 g/mol. The number of para-hydroxylation sites is 1. The van der Waals surface area contributed by atoms with Crippen molar-refractivity contribution >= 4 is 23.5 Å². The van der Waals surface area contributed by atoms with Crippen LogP contribution in [0.4, 0.5) is 5.69 Å². The van der Waals surface area contributed by atoms with Crippen molar-refractivity contribution in [1.29, 1.82) is 0 Å². The molecule has 3 heteroatoms. The maximum atomic E-state index is 4.57. The lowest BCUT2D eigenvalue weighted by Crippen LogP contribution is -2.20. The van der Waals surface area contributed by atoms with Crippen molar-refractivity contribution in [2.45, 2.75) is 25.2 Å². The number of hydrogen-bond acceptors (Lipinski definition) is 3. The lowest BCUT2D eigenvalue weighted by molar-refractivity contribution is 0.678. The number of rotatable bonds is 2. The molecule has 0 aliphatic carbocycles. The molecule has 0 fully saturated rings. The monoisotopic (exact) mass is 206 g/mol. The molecule has 0 saturated carbocycles. The molecule has 1 aliphatic rings. The smallest absolute Gasteiger partial charge is 0.113 e. The van der Waals surface area contributed by atoms with Gasteiger partial charge in [0.15, 0.2) is 0 Å². The van der Waals surface area contributed by atoms with Gasteiger partial charge in [0.2, 0.25) is 0 Å². The highest BCUT2D eigenvalue weighted by Gasteiger charge is 2.11. The van der Waals surface area contributed by atoms with Crippen molar-refractivity contribution in [3.63, 3.8) is 0 Å². The Balaban J connectivity index is 2.22. The van der Waals surface area contributed by atoms with Crippen LogP contribution in [0.3, 0.4) is 0 Å². The zero-order valence-electron chi connectivity index (χ0n) is 8.45. The molecule has 1 aliphatic heterocycles. The van der Waals surface area contributed by atoms with E-state index < -0.39 is 0 Å². The van der Waals surface area contributed by atoms with Crippen LogP contribution in [0.25, 0.3) is 0 Å². The topological polar surface area (TPSA) is 24.4 Å². The molecule has 0 radical (unpaired) electrons. The molecule has 0 unspecified atom stereocenters. The maximum Gasteiger partial charge on any atom is 0.113 e. The maximum absolute atomic E-state index is 4.57. The van der Waals surface area contributed by atoms with Gasteiger partial charge in [0.25, 0.3) is 0 Å². The Bertz CT molecular complexity index is 358. The van der Waals surface area contributed by atoms with Crippen LogP contribution in [-0.4, -0.2) is 5.84 Å². The Morgan fingerprint density at radius 1 is 1.36 bits per heavy atom. The molecule has 1 N–H and O–H groups in total. The second-order valence-electron chi connectivity index (χ2n) is 3.83. The van der Waals surface area contributed by atoms with Gasteiger partial charge in [-0.05, 0) is 30.0 Å². The van der Waals surface area contributed by atoms with Gasteiger partial charge in [-0.25, -0.2) is 4.99 Å². The minimum Gasteiger partial charge on any atom is -0.314 e. The Kier molecular flexibility index (Phi) is 2.77. The molecule has 0 aromatic heterocycles. The molecule has 0 amide bonds. The van der Waals surface area contributed by atoms with Crippen molar-refractivity contribution < 1.29 is 0 Å². The molecular formula is C11H14N2S. The van der Waals surface area contributed by atoms with Gasteiger partial charge >= 0.3 is 0 Å². The van der Waals surface area contributed by atoms with Crippen molar-refractivity contribution in [2.24, 2.45) is 10.9 Å². The Morgan fingerprint density at radius 2 is 2.14 bits per heavy atom. The van der Waals surface area contributed by atoms with E-state index in [1.807, 2.05) is 12.1 Å². The van der Waals surface area contributed by atoms with Gasteiger partial charge in [-0.15, -0.1) is 0 Å². The first-order chi connectivity index (χ1) is 6.75. The van der Waals surface area contributed by atoms with E-state index in [2.05, 4.69) is 35.7 Å². The van der Waals surface area contributed by atoms with E-state index in [1.165, 1.54) is 4.90 Å². The fourth-order valence-corrected chi connectivity index (χ4v) is 2.11. The third-order valence-corrected chi connectivity index (χ3v) is 2.90. The van der Waals surface area contributed by atoms with Crippen molar-refractivity contribution in [1.82, 2.24) is 4.72 Å². The van der Waals surface area contributed by atoms with E-state index in [0.717, 1.165) is 17.9 Å². The first kappa shape index (κ1) is 9.59. The van der Waals surface area contributed by atoms with Crippen molar-refractivity contribution in [2.75, 3.05) is 0 Å². The van der Waals surface area contributed by atoms with Gasteiger partial charge in [0.1, 0.15) is 5.84 Å². The molecule has 1 aromatic rings. The zero-order chi connectivity index (χ0) is 9.97. The first-order valence-electron chi connectivity index (χ1n) is 4.85. The van der Waals surface area contributed by atoms with Crippen LogP contribution in [0.5, 0.6) is 0 Å². The summed E-state index contributed by atoms with van der Waals surface area (Å²) in [4.78, 5) is 5.78. The summed E-state index contributed by atoms with van der Waals surface area (Å²) < 4.78 is 3.27. The molecule has 2 nitrogen and oxygen atoms in total. The fourth-order valence-electron chi connectivity index (χ4n) is 1.39. The number of hydrogen-bond donors (Lipinski definition) is 1. The Hall–Kier alpha value is -0.960. The second-order valence-corrected chi connectivity index (χ2v) is 4.68. The van der Waals surface area contributed by atoms with Crippen molar-refractivity contribution in [3.8, 4) is 0 Å². The Morgan fingerprint density at radius 3 is 2.93 bits per heavy atom. The molecule has 1 aromatic carbocycles. The number of aliphatic imine (C=N–C) groups is 1. The molecule has 1 heterocycles. The quantitative estimate of drug-likeness (QED) is 0.750. The van der Waals surface area contributed by atoms with Crippen LogP contribution in [0.1, 0.15) is 20.3 Å². The van der Waals surface area contributed by atoms with Gasteiger partial charge in [-0.1, -0.05) is 26.0 Å². The van der Waals surface area contributed by atoms with Crippen LogP contribution in [0.2, 0.25) is 0 Å². The highest BCUT2D eigenvalue weighted by atomic mass is 32.2. The summed E-state index contributed by atoms with van der Waals surface area (Å²) in [7, 11) is 0. The normalized spacial score (nSPS) is 14.6. The predicted molar refractivity (Wildman–Crippen MR) is 62.0 cm³/mol. The summed E-state index contributed by atoms with van der Waals surface area (Å²) in [5.41, 5.74) is 1.09. The third kappa shape index (κ3) is 2.10. The molecule has 2 rings (SSSR count). The first-order valence-corrected chi connectivity index (χ1v) is 5.67. The molecule has 0 saturated heterocycles. The summed E-state index contributed by atoms with van der Waals surface area (Å²) in [6.07, 6.45) is 1.02. The van der Waals surface area contributed by atoms with Crippen molar-refractivity contribution in [3.05, 3.63) is 24.3 Å². The average Bonchev–Trinajstić information content (AvgIpc) is 2.17. The lowest BCUT2D eigenvalue weighted by Gasteiger charge is -2.17. The number of benzene rings is 1. The highest BCUT2D eigenvalue weighted by molar-refractivity contribution is 7.98. The van der Waals surface area contributed by atoms with Gasteiger partial charge in [-0.2, -0.15) is 0 Å². The third-order valence-electron chi connectivity index (χ3n) is 2.00. The second kappa shape index (κ2) is 4.05. The summed E-state index contributed by atoms with van der Waals surface area (Å²) >= 11 is 1.66. The van der Waals surface area contributed by atoms with Gasteiger partial charge < -0.3 is 4.72 Å². The molecule has 74 valence electrons. The predicted octanol–water partition coefficient (Wildman–Crippen LogP) is 3.37. The summed E-state index contributed by atoms with van der Waals surface area (Å²) in [5, 5.41) is 0. The summed E-state index contributed by atoms with van der Waals surface area (Å²) in [6, 6.07) is 8.21. The van der Waals surface area contributed by atoms with E-state index in [9.17, 15) is 0 Å². The minimum absolute atomic E-state index is 0.645. The number of fused-ring (bicyclic) bond motifs is 1.